The molecular weight excluding hydrogens is 124 g/mol. The monoisotopic (exact) mass is 143 g/mol. The van der Waals surface area contributed by atoms with Gasteiger partial charge in [-0.3, -0.25) is 4.90 Å². The fourth-order valence-electron chi connectivity index (χ4n) is 1.02. The molecular formula is C8H19N2. The zero-order valence-electron chi connectivity index (χ0n) is 7.14. The Morgan fingerprint density at radius 3 is 1.90 bits per heavy atom. The highest BCUT2D eigenvalue weighted by molar-refractivity contribution is 4.65. The summed E-state index contributed by atoms with van der Waals surface area (Å²) in [5, 5.41) is 0. The van der Waals surface area contributed by atoms with Crippen LogP contribution in [0.25, 0.3) is 0 Å². The highest BCUT2D eigenvalue weighted by Crippen LogP contribution is 1.95. The summed E-state index contributed by atoms with van der Waals surface area (Å²) in [6.07, 6.45) is 2.28. The molecule has 0 aliphatic carbocycles. The van der Waals surface area contributed by atoms with E-state index in [1.165, 1.54) is 0 Å². The van der Waals surface area contributed by atoms with Gasteiger partial charge in [0.1, 0.15) is 0 Å². The minimum atomic E-state index is -0.0279. The maximum Gasteiger partial charge on any atom is 0.0572 e. The van der Waals surface area contributed by atoms with E-state index in [0.29, 0.717) is 0 Å². The lowest BCUT2D eigenvalue weighted by atomic mass is 10.3. The van der Waals surface area contributed by atoms with Gasteiger partial charge in [-0.25, -0.2) is 0 Å². The van der Waals surface area contributed by atoms with Crippen LogP contribution < -0.4 is 5.73 Å². The second-order valence-electron chi connectivity index (χ2n) is 2.60. The number of rotatable bonds is 5. The smallest absolute Gasteiger partial charge is 0.0572 e. The normalized spacial score (nSPS) is 14.1. The van der Waals surface area contributed by atoms with E-state index >= 15 is 0 Å². The van der Waals surface area contributed by atoms with Crippen molar-refractivity contribution in [1.82, 2.24) is 4.90 Å². The molecule has 61 valence electrons. The van der Waals surface area contributed by atoms with Crippen molar-refractivity contribution in [1.29, 1.82) is 0 Å². The van der Waals surface area contributed by atoms with Crippen LogP contribution >= 0.6 is 0 Å². The van der Waals surface area contributed by atoms with Crippen molar-refractivity contribution >= 4 is 0 Å². The summed E-state index contributed by atoms with van der Waals surface area (Å²) >= 11 is 0. The Morgan fingerprint density at radius 1 is 1.30 bits per heavy atom. The van der Waals surface area contributed by atoms with Gasteiger partial charge < -0.3 is 5.73 Å². The maximum absolute atomic E-state index is 5.62. The zero-order valence-corrected chi connectivity index (χ0v) is 7.14. The second-order valence-corrected chi connectivity index (χ2v) is 2.60. The summed E-state index contributed by atoms with van der Waals surface area (Å²) < 4.78 is 0. The van der Waals surface area contributed by atoms with Crippen LogP contribution in [0.4, 0.5) is 0 Å². The first-order chi connectivity index (χ1) is 4.72. The van der Waals surface area contributed by atoms with Crippen molar-refractivity contribution in [3.8, 4) is 0 Å². The molecule has 1 unspecified atom stereocenters. The quantitative estimate of drug-likeness (QED) is 0.586. The third kappa shape index (κ3) is 3.85. The van der Waals surface area contributed by atoms with Gasteiger partial charge in [-0.15, -0.1) is 0 Å². The molecule has 2 N–H and O–H groups in total. The minimum Gasteiger partial charge on any atom is -0.316 e. The van der Waals surface area contributed by atoms with Crippen LogP contribution in [-0.2, 0) is 0 Å². The van der Waals surface area contributed by atoms with Gasteiger partial charge in [-0.1, -0.05) is 13.8 Å². The third-order valence-corrected chi connectivity index (χ3v) is 1.49. The lowest BCUT2D eigenvalue weighted by Gasteiger charge is -2.24. The summed E-state index contributed by atoms with van der Waals surface area (Å²) in [5.41, 5.74) is 5.62. The molecule has 0 aromatic heterocycles. The third-order valence-electron chi connectivity index (χ3n) is 1.49. The number of hydrogen-bond acceptors (Lipinski definition) is 2. The summed E-state index contributed by atoms with van der Waals surface area (Å²) in [6.45, 7) is 10.2. The molecule has 2 nitrogen and oxygen atoms in total. The van der Waals surface area contributed by atoms with E-state index in [1.54, 1.807) is 0 Å². The van der Waals surface area contributed by atoms with Crippen molar-refractivity contribution in [3.63, 3.8) is 0 Å². The molecule has 0 amide bonds. The molecule has 0 rings (SSSR count). The fraction of sp³-hybridized carbons (Fsp3) is 0.875. The van der Waals surface area contributed by atoms with Gasteiger partial charge >= 0.3 is 0 Å². The van der Waals surface area contributed by atoms with Crippen molar-refractivity contribution in [2.75, 3.05) is 13.1 Å². The van der Waals surface area contributed by atoms with Crippen LogP contribution in [0, 0.1) is 6.92 Å². The molecule has 0 heterocycles. The Kier molecular flexibility index (Phi) is 5.64. The summed E-state index contributed by atoms with van der Waals surface area (Å²) in [5.74, 6) is 0. The molecule has 0 aliphatic heterocycles. The van der Waals surface area contributed by atoms with Crippen molar-refractivity contribution in [2.45, 2.75) is 32.9 Å². The van der Waals surface area contributed by atoms with E-state index in [4.69, 9.17) is 5.73 Å². The van der Waals surface area contributed by atoms with Crippen LogP contribution in [0.5, 0.6) is 0 Å². The van der Waals surface area contributed by atoms with E-state index in [9.17, 15) is 0 Å². The molecule has 0 saturated heterocycles. The highest BCUT2D eigenvalue weighted by atomic mass is 15.2. The molecule has 2 heteroatoms. The van der Waals surface area contributed by atoms with Gasteiger partial charge in [0.15, 0.2) is 0 Å². The molecule has 0 fully saturated rings. The lowest BCUT2D eigenvalue weighted by Crippen LogP contribution is -2.40. The number of nitrogens with zero attached hydrogens (tertiary/aromatic N) is 1. The molecule has 0 spiro atoms. The summed E-state index contributed by atoms with van der Waals surface area (Å²) in [6, 6.07) is 0. The van der Waals surface area contributed by atoms with Crippen LogP contribution in [-0.4, -0.2) is 24.2 Å². The lowest BCUT2D eigenvalue weighted by molar-refractivity contribution is 0.232. The minimum absolute atomic E-state index is 0.0279. The molecule has 1 radical (unpaired) electrons. The zero-order chi connectivity index (χ0) is 7.98. The largest absolute Gasteiger partial charge is 0.316 e. The average Bonchev–Trinajstić information content (AvgIpc) is 1.87. The first-order valence-corrected chi connectivity index (χ1v) is 4.05. The first-order valence-electron chi connectivity index (χ1n) is 4.05. The molecule has 0 aromatic carbocycles. The highest BCUT2D eigenvalue weighted by Gasteiger charge is 2.05. The first kappa shape index (κ1) is 9.92. The fourth-order valence-corrected chi connectivity index (χ4v) is 1.02. The summed E-state index contributed by atoms with van der Waals surface area (Å²) in [4.78, 5) is 2.19. The molecule has 0 bridgehead atoms. The summed E-state index contributed by atoms with van der Waals surface area (Å²) in [7, 11) is 0. The van der Waals surface area contributed by atoms with Gasteiger partial charge in [0, 0.05) is 0 Å². The second kappa shape index (κ2) is 5.69. The van der Waals surface area contributed by atoms with Gasteiger partial charge in [0.2, 0.25) is 0 Å². The van der Waals surface area contributed by atoms with Crippen molar-refractivity contribution in [2.24, 2.45) is 5.73 Å². The van der Waals surface area contributed by atoms with Gasteiger partial charge in [0.05, 0.1) is 6.17 Å². The Labute approximate surface area is 64.4 Å². The Hall–Kier alpha value is -0.0800. The Bertz CT molecular complexity index is 65.7. The molecule has 10 heavy (non-hydrogen) atoms. The topological polar surface area (TPSA) is 29.3 Å². The van der Waals surface area contributed by atoms with Gasteiger partial charge in [-0.2, -0.15) is 0 Å². The molecule has 1 atom stereocenters. The van der Waals surface area contributed by atoms with E-state index < -0.39 is 0 Å². The van der Waals surface area contributed by atoms with E-state index in [1.807, 2.05) is 0 Å². The Balaban J connectivity index is 3.50. The standard InChI is InChI=1S/C8H19N2/c1-4-6-10(7-5-2)8(3)9/h8H,3-7,9H2,1-2H3. The maximum atomic E-state index is 5.62. The van der Waals surface area contributed by atoms with Gasteiger partial charge in [0.25, 0.3) is 0 Å². The average molecular weight is 143 g/mol. The molecule has 0 aliphatic rings. The predicted molar refractivity (Wildman–Crippen MR) is 45.5 cm³/mol. The molecule has 0 aromatic rings. The van der Waals surface area contributed by atoms with Crippen LogP contribution in [0.15, 0.2) is 0 Å². The number of hydrogen-bond donors (Lipinski definition) is 1. The SMILES string of the molecule is [CH2]C(N)N(CCC)CCC. The van der Waals surface area contributed by atoms with E-state index in [2.05, 4.69) is 25.7 Å². The van der Waals surface area contributed by atoms with Crippen molar-refractivity contribution < 1.29 is 0 Å². The van der Waals surface area contributed by atoms with E-state index in [-0.39, 0.29) is 6.17 Å². The van der Waals surface area contributed by atoms with E-state index in [0.717, 1.165) is 25.9 Å². The number of nitrogens with two attached hydrogens (primary N) is 1. The van der Waals surface area contributed by atoms with Crippen LogP contribution in [0.3, 0.4) is 0 Å². The Morgan fingerprint density at radius 2 is 1.70 bits per heavy atom. The predicted octanol–water partition coefficient (Wildman–Crippen LogP) is 1.23. The van der Waals surface area contributed by atoms with Crippen LogP contribution in [0.1, 0.15) is 26.7 Å². The van der Waals surface area contributed by atoms with Gasteiger partial charge in [-0.05, 0) is 32.9 Å². The van der Waals surface area contributed by atoms with Crippen LogP contribution in [0.2, 0.25) is 0 Å². The molecule has 0 saturated carbocycles. The van der Waals surface area contributed by atoms with Crippen molar-refractivity contribution in [3.05, 3.63) is 6.92 Å².